The topological polar surface area (TPSA) is 54.9 Å². The molecule has 1 rings (SSSR count). The molecule has 1 aromatic rings. The van der Waals surface area contributed by atoms with Crippen molar-refractivity contribution in [3.05, 3.63) is 31.6 Å². The van der Waals surface area contributed by atoms with E-state index in [4.69, 9.17) is 11.6 Å². The molecule has 0 fully saturated rings. The molecule has 0 saturated heterocycles. The number of nitrogens with zero attached hydrogens (tertiary/aromatic N) is 1. The lowest BCUT2D eigenvalue weighted by molar-refractivity contribution is 0.489. The maximum atomic E-state index is 12.0. The fourth-order valence-electron chi connectivity index (χ4n) is 1.58. The SMILES string of the molecule is CCCc1c(Cl)[nH]c(=O)n(CC(C)C)c1=O. The highest BCUT2D eigenvalue weighted by Crippen LogP contribution is 2.08. The summed E-state index contributed by atoms with van der Waals surface area (Å²) in [5.41, 5.74) is -0.183. The molecule has 4 nitrogen and oxygen atoms in total. The van der Waals surface area contributed by atoms with Gasteiger partial charge in [0, 0.05) is 6.54 Å². The second-order valence-corrected chi connectivity index (χ2v) is 4.66. The third-order valence-electron chi connectivity index (χ3n) is 2.28. The van der Waals surface area contributed by atoms with Crippen molar-refractivity contribution >= 4 is 11.6 Å². The van der Waals surface area contributed by atoms with E-state index >= 15 is 0 Å². The zero-order valence-electron chi connectivity index (χ0n) is 9.84. The van der Waals surface area contributed by atoms with Gasteiger partial charge in [0.2, 0.25) is 0 Å². The molecule has 90 valence electrons. The van der Waals surface area contributed by atoms with Crippen molar-refractivity contribution in [2.24, 2.45) is 5.92 Å². The van der Waals surface area contributed by atoms with Gasteiger partial charge >= 0.3 is 5.69 Å². The van der Waals surface area contributed by atoms with E-state index in [0.717, 1.165) is 6.42 Å². The fourth-order valence-corrected chi connectivity index (χ4v) is 1.84. The molecule has 0 unspecified atom stereocenters. The number of rotatable bonds is 4. The van der Waals surface area contributed by atoms with Crippen molar-refractivity contribution in [3.63, 3.8) is 0 Å². The first-order valence-electron chi connectivity index (χ1n) is 5.48. The lowest BCUT2D eigenvalue weighted by Gasteiger charge is -2.10. The molecule has 0 amide bonds. The lowest BCUT2D eigenvalue weighted by atomic mass is 10.2. The van der Waals surface area contributed by atoms with Crippen LogP contribution in [0.25, 0.3) is 0 Å². The average molecular weight is 245 g/mol. The van der Waals surface area contributed by atoms with Crippen LogP contribution in [0.1, 0.15) is 32.8 Å². The maximum absolute atomic E-state index is 12.0. The number of H-pyrrole nitrogens is 1. The Bertz CT molecular complexity index is 474. The summed E-state index contributed by atoms with van der Waals surface area (Å²) >= 11 is 5.85. The van der Waals surface area contributed by atoms with E-state index in [1.807, 2.05) is 20.8 Å². The molecule has 0 aliphatic carbocycles. The van der Waals surface area contributed by atoms with Gasteiger partial charge in [-0.3, -0.25) is 14.3 Å². The van der Waals surface area contributed by atoms with Crippen LogP contribution in [0.2, 0.25) is 5.15 Å². The van der Waals surface area contributed by atoms with Gasteiger partial charge < -0.3 is 0 Å². The first-order valence-corrected chi connectivity index (χ1v) is 5.86. The van der Waals surface area contributed by atoms with Gasteiger partial charge in [0.05, 0.1) is 5.56 Å². The molecule has 0 aliphatic heterocycles. The molecule has 0 spiro atoms. The van der Waals surface area contributed by atoms with E-state index < -0.39 is 5.69 Å². The Labute approximate surface area is 99.3 Å². The Morgan fingerprint density at radius 2 is 2.00 bits per heavy atom. The van der Waals surface area contributed by atoms with Crippen molar-refractivity contribution in [1.29, 1.82) is 0 Å². The Balaban J connectivity index is 3.34. The van der Waals surface area contributed by atoms with E-state index in [1.54, 1.807) is 0 Å². The summed E-state index contributed by atoms with van der Waals surface area (Å²) in [4.78, 5) is 26.1. The molecular weight excluding hydrogens is 228 g/mol. The van der Waals surface area contributed by atoms with Crippen molar-refractivity contribution < 1.29 is 0 Å². The van der Waals surface area contributed by atoms with Crippen LogP contribution < -0.4 is 11.2 Å². The first-order chi connectivity index (χ1) is 7.47. The van der Waals surface area contributed by atoms with Gasteiger partial charge in [-0.1, -0.05) is 38.8 Å². The predicted octanol–water partition coefficient (Wildman–Crippen LogP) is 1.80. The molecule has 0 saturated carbocycles. The van der Waals surface area contributed by atoms with Gasteiger partial charge in [-0.15, -0.1) is 0 Å². The highest BCUT2D eigenvalue weighted by atomic mass is 35.5. The second kappa shape index (κ2) is 5.34. The van der Waals surface area contributed by atoms with Crippen molar-refractivity contribution in [3.8, 4) is 0 Å². The zero-order valence-corrected chi connectivity index (χ0v) is 10.6. The van der Waals surface area contributed by atoms with Crippen molar-refractivity contribution in [2.75, 3.05) is 0 Å². The van der Waals surface area contributed by atoms with Gasteiger partial charge in [-0.25, -0.2) is 4.79 Å². The van der Waals surface area contributed by atoms with Crippen LogP contribution in [0.3, 0.4) is 0 Å². The average Bonchev–Trinajstić information content (AvgIpc) is 2.19. The lowest BCUT2D eigenvalue weighted by Crippen LogP contribution is -2.38. The number of hydrogen-bond acceptors (Lipinski definition) is 2. The third kappa shape index (κ3) is 2.76. The summed E-state index contributed by atoms with van der Waals surface area (Å²) in [7, 11) is 0. The number of hydrogen-bond donors (Lipinski definition) is 1. The smallest absolute Gasteiger partial charge is 0.297 e. The quantitative estimate of drug-likeness (QED) is 0.822. The van der Waals surface area contributed by atoms with Crippen LogP contribution in [0, 0.1) is 5.92 Å². The predicted molar refractivity (Wildman–Crippen MR) is 65.2 cm³/mol. The van der Waals surface area contributed by atoms with E-state index in [-0.39, 0.29) is 16.6 Å². The second-order valence-electron chi connectivity index (χ2n) is 4.28. The maximum Gasteiger partial charge on any atom is 0.329 e. The molecule has 0 aromatic carbocycles. The number of nitrogens with one attached hydrogen (secondary N) is 1. The molecular formula is C11H17ClN2O2. The Kier molecular flexibility index (Phi) is 4.35. The molecule has 0 radical (unpaired) electrons. The van der Waals surface area contributed by atoms with Crippen LogP contribution in [0.5, 0.6) is 0 Å². The Morgan fingerprint density at radius 1 is 1.38 bits per heavy atom. The summed E-state index contributed by atoms with van der Waals surface area (Å²) in [5.74, 6) is 0.245. The molecule has 0 atom stereocenters. The highest BCUT2D eigenvalue weighted by Gasteiger charge is 2.12. The fraction of sp³-hybridized carbons (Fsp3) is 0.636. The normalized spacial score (nSPS) is 11.1. The van der Waals surface area contributed by atoms with Gasteiger partial charge in [-0.05, 0) is 12.3 Å². The zero-order chi connectivity index (χ0) is 12.3. The molecule has 0 bridgehead atoms. The van der Waals surface area contributed by atoms with Crippen LogP contribution in [-0.4, -0.2) is 9.55 Å². The van der Waals surface area contributed by atoms with Gasteiger partial charge in [0.1, 0.15) is 5.15 Å². The van der Waals surface area contributed by atoms with Gasteiger partial charge in [0.15, 0.2) is 0 Å². The van der Waals surface area contributed by atoms with Crippen LogP contribution in [0.15, 0.2) is 9.59 Å². The van der Waals surface area contributed by atoms with E-state index in [9.17, 15) is 9.59 Å². The number of aromatic amines is 1. The van der Waals surface area contributed by atoms with Crippen LogP contribution in [0.4, 0.5) is 0 Å². The molecule has 1 aromatic heterocycles. The first kappa shape index (κ1) is 13.0. The molecule has 1 heterocycles. The Hall–Kier alpha value is -1.03. The van der Waals surface area contributed by atoms with E-state index in [1.165, 1.54) is 4.57 Å². The van der Waals surface area contributed by atoms with Crippen LogP contribution in [-0.2, 0) is 13.0 Å². The minimum absolute atomic E-state index is 0.178. The Morgan fingerprint density at radius 3 is 2.50 bits per heavy atom. The standard InChI is InChI=1S/C11H17ClN2O2/c1-4-5-8-9(12)13-11(16)14(10(8)15)6-7(2)3/h7H,4-6H2,1-3H3,(H,13,16). The molecule has 5 heteroatoms. The van der Waals surface area contributed by atoms with Crippen molar-refractivity contribution in [2.45, 2.75) is 40.2 Å². The van der Waals surface area contributed by atoms with E-state index in [2.05, 4.69) is 4.98 Å². The minimum Gasteiger partial charge on any atom is -0.297 e. The summed E-state index contributed by atoms with van der Waals surface area (Å²) in [5, 5.41) is 0.178. The highest BCUT2D eigenvalue weighted by molar-refractivity contribution is 6.30. The summed E-state index contributed by atoms with van der Waals surface area (Å²) < 4.78 is 1.22. The third-order valence-corrected chi connectivity index (χ3v) is 2.60. The molecule has 16 heavy (non-hydrogen) atoms. The molecule has 0 aliphatic rings. The summed E-state index contributed by atoms with van der Waals surface area (Å²) in [6.07, 6.45) is 1.41. The van der Waals surface area contributed by atoms with Gasteiger partial charge in [-0.2, -0.15) is 0 Å². The van der Waals surface area contributed by atoms with Gasteiger partial charge in [0.25, 0.3) is 5.56 Å². The summed E-state index contributed by atoms with van der Waals surface area (Å²) in [6.45, 7) is 6.30. The molecule has 1 N–H and O–H groups in total. The number of halogens is 1. The largest absolute Gasteiger partial charge is 0.329 e. The monoisotopic (exact) mass is 244 g/mol. The summed E-state index contributed by atoms with van der Waals surface area (Å²) in [6, 6.07) is 0. The minimum atomic E-state index is -0.427. The van der Waals surface area contributed by atoms with Crippen LogP contribution >= 0.6 is 11.6 Å². The van der Waals surface area contributed by atoms with Crippen molar-refractivity contribution in [1.82, 2.24) is 9.55 Å². The van der Waals surface area contributed by atoms with E-state index in [0.29, 0.717) is 18.5 Å². The number of aromatic nitrogens is 2.